The molecule has 1 N–H and O–H groups in total. The minimum atomic E-state index is 0.283. The van der Waals surface area contributed by atoms with Gasteiger partial charge in [-0.05, 0) is 42.8 Å². The Labute approximate surface area is 124 Å². The molecule has 0 aliphatic carbocycles. The largest absolute Gasteiger partial charge is 0.469 e. The second kappa shape index (κ2) is 6.95. The van der Waals surface area contributed by atoms with E-state index in [1.807, 2.05) is 30.3 Å². The van der Waals surface area contributed by atoms with Crippen LogP contribution < -0.4 is 5.32 Å². The molecule has 2 heterocycles. The fourth-order valence-corrected chi connectivity index (χ4v) is 2.52. The fourth-order valence-electron chi connectivity index (χ4n) is 2.52. The third-order valence-corrected chi connectivity index (χ3v) is 3.58. The number of rotatable bonds is 7. The smallest absolute Gasteiger partial charge is 0.117 e. The van der Waals surface area contributed by atoms with Crippen molar-refractivity contribution >= 4 is 0 Å². The van der Waals surface area contributed by atoms with Crippen LogP contribution in [0.2, 0.25) is 0 Å². The molecule has 0 amide bonds. The molecule has 3 heteroatoms. The van der Waals surface area contributed by atoms with Gasteiger partial charge in [-0.15, -0.1) is 0 Å². The Bertz CT molecular complexity index is 615. The molecule has 108 valence electrons. The summed E-state index contributed by atoms with van der Waals surface area (Å²) in [7, 11) is 0. The second-order valence-electron chi connectivity index (χ2n) is 5.02. The number of benzene rings is 1. The number of nitrogens with one attached hydrogen (secondary N) is 1. The Morgan fingerprint density at radius 2 is 1.67 bits per heavy atom. The monoisotopic (exact) mass is 281 g/mol. The molecule has 1 unspecified atom stereocenters. The van der Waals surface area contributed by atoms with Crippen molar-refractivity contribution in [3.8, 4) is 0 Å². The van der Waals surface area contributed by atoms with Crippen molar-refractivity contribution in [2.75, 3.05) is 6.54 Å². The van der Waals surface area contributed by atoms with E-state index >= 15 is 0 Å². The highest BCUT2D eigenvalue weighted by Gasteiger charge is 2.16. The van der Waals surface area contributed by atoms with Gasteiger partial charge in [0.2, 0.25) is 0 Å². The molecular formula is C18H19NO2. The zero-order valence-corrected chi connectivity index (χ0v) is 11.9. The van der Waals surface area contributed by atoms with Crippen molar-refractivity contribution in [1.82, 2.24) is 5.32 Å². The van der Waals surface area contributed by atoms with Gasteiger partial charge in [-0.25, -0.2) is 0 Å². The quantitative estimate of drug-likeness (QED) is 0.660. The topological polar surface area (TPSA) is 38.3 Å². The summed E-state index contributed by atoms with van der Waals surface area (Å²) < 4.78 is 10.9. The van der Waals surface area contributed by atoms with Crippen molar-refractivity contribution < 1.29 is 8.83 Å². The van der Waals surface area contributed by atoms with E-state index in [-0.39, 0.29) is 5.92 Å². The van der Waals surface area contributed by atoms with Gasteiger partial charge in [0, 0.05) is 5.92 Å². The lowest BCUT2D eigenvalue weighted by molar-refractivity contribution is 0.452. The van der Waals surface area contributed by atoms with Crippen LogP contribution in [0.3, 0.4) is 0 Å². The molecule has 3 aromatic rings. The van der Waals surface area contributed by atoms with E-state index in [9.17, 15) is 0 Å². The Morgan fingerprint density at radius 3 is 2.38 bits per heavy atom. The molecule has 1 atom stereocenters. The summed E-state index contributed by atoms with van der Waals surface area (Å²) in [6.45, 7) is 1.66. The van der Waals surface area contributed by atoms with Gasteiger partial charge in [-0.1, -0.05) is 30.3 Å². The summed E-state index contributed by atoms with van der Waals surface area (Å²) in [5.74, 6) is 2.26. The van der Waals surface area contributed by atoms with E-state index in [0.717, 1.165) is 31.0 Å². The van der Waals surface area contributed by atoms with Crippen molar-refractivity contribution in [2.24, 2.45) is 0 Å². The average molecular weight is 281 g/mol. The van der Waals surface area contributed by atoms with Gasteiger partial charge in [-0.3, -0.25) is 0 Å². The van der Waals surface area contributed by atoms with Gasteiger partial charge in [0.25, 0.3) is 0 Å². The summed E-state index contributed by atoms with van der Waals surface area (Å²) in [4.78, 5) is 0. The van der Waals surface area contributed by atoms with Crippen LogP contribution in [-0.2, 0) is 6.54 Å². The Morgan fingerprint density at radius 1 is 0.857 bits per heavy atom. The van der Waals surface area contributed by atoms with Crippen LogP contribution in [0.25, 0.3) is 0 Å². The maximum atomic E-state index is 5.61. The first kappa shape index (κ1) is 13.7. The molecule has 0 bridgehead atoms. The lowest BCUT2D eigenvalue weighted by Gasteiger charge is -2.15. The van der Waals surface area contributed by atoms with Gasteiger partial charge in [-0.2, -0.15) is 0 Å². The van der Waals surface area contributed by atoms with Crippen LogP contribution >= 0.6 is 0 Å². The van der Waals surface area contributed by atoms with Crippen molar-refractivity contribution in [3.05, 3.63) is 84.2 Å². The third-order valence-electron chi connectivity index (χ3n) is 3.58. The number of hydrogen-bond donors (Lipinski definition) is 1. The van der Waals surface area contributed by atoms with Crippen molar-refractivity contribution in [2.45, 2.75) is 18.9 Å². The Hall–Kier alpha value is -2.26. The number of hydrogen-bond acceptors (Lipinski definition) is 3. The van der Waals surface area contributed by atoms with Crippen LogP contribution in [0.5, 0.6) is 0 Å². The molecule has 3 nitrogen and oxygen atoms in total. The second-order valence-corrected chi connectivity index (χ2v) is 5.02. The van der Waals surface area contributed by atoms with E-state index in [1.54, 1.807) is 12.5 Å². The average Bonchev–Trinajstić information content (AvgIpc) is 3.21. The summed E-state index contributed by atoms with van der Waals surface area (Å²) in [5.41, 5.74) is 1.28. The predicted molar refractivity (Wildman–Crippen MR) is 82.0 cm³/mol. The van der Waals surface area contributed by atoms with Crippen molar-refractivity contribution in [3.63, 3.8) is 0 Å². The number of furan rings is 2. The van der Waals surface area contributed by atoms with Crippen LogP contribution in [0, 0.1) is 0 Å². The predicted octanol–water partition coefficient (Wildman–Crippen LogP) is 4.18. The van der Waals surface area contributed by atoms with Gasteiger partial charge >= 0.3 is 0 Å². The molecule has 3 rings (SSSR count). The lowest BCUT2D eigenvalue weighted by atomic mass is 9.93. The molecule has 0 fully saturated rings. The first-order chi connectivity index (χ1) is 10.4. The molecule has 1 aromatic carbocycles. The molecule has 0 spiro atoms. The molecule has 0 saturated carbocycles. The fraction of sp³-hybridized carbons (Fsp3) is 0.222. The maximum absolute atomic E-state index is 5.61. The van der Waals surface area contributed by atoms with Crippen LogP contribution in [0.1, 0.15) is 29.4 Å². The zero-order valence-electron chi connectivity index (χ0n) is 11.9. The molecule has 0 aliphatic heterocycles. The minimum absolute atomic E-state index is 0.283. The summed E-state index contributed by atoms with van der Waals surface area (Å²) >= 11 is 0. The zero-order chi connectivity index (χ0) is 14.3. The summed E-state index contributed by atoms with van der Waals surface area (Å²) in [6.07, 6.45) is 4.42. The lowest BCUT2D eigenvalue weighted by Crippen LogP contribution is -2.17. The van der Waals surface area contributed by atoms with Gasteiger partial charge < -0.3 is 14.2 Å². The SMILES string of the molecule is c1ccc(C(CCNCc2ccco2)c2ccco2)cc1. The Kier molecular flexibility index (Phi) is 4.54. The molecule has 0 radical (unpaired) electrons. The van der Waals surface area contributed by atoms with E-state index < -0.39 is 0 Å². The van der Waals surface area contributed by atoms with Crippen LogP contribution in [0.4, 0.5) is 0 Å². The van der Waals surface area contributed by atoms with Gasteiger partial charge in [0.05, 0.1) is 19.1 Å². The molecule has 0 aliphatic rings. The van der Waals surface area contributed by atoms with Crippen molar-refractivity contribution in [1.29, 1.82) is 0 Å². The van der Waals surface area contributed by atoms with Gasteiger partial charge in [0.15, 0.2) is 0 Å². The minimum Gasteiger partial charge on any atom is -0.469 e. The van der Waals surface area contributed by atoms with E-state index in [1.165, 1.54) is 5.56 Å². The summed E-state index contributed by atoms with van der Waals surface area (Å²) in [5, 5.41) is 3.41. The third kappa shape index (κ3) is 3.64. The van der Waals surface area contributed by atoms with Gasteiger partial charge in [0.1, 0.15) is 11.5 Å². The standard InChI is InChI=1S/C18H19NO2/c1-2-6-15(7-3-1)17(18-9-5-13-21-18)10-11-19-14-16-8-4-12-20-16/h1-9,12-13,17,19H,10-11,14H2. The normalized spacial score (nSPS) is 12.4. The highest BCUT2D eigenvalue weighted by atomic mass is 16.3. The molecule has 0 saturated heterocycles. The molecular weight excluding hydrogens is 262 g/mol. The molecule has 2 aromatic heterocycles. The Balaban J connectivity index is 1.61. The highest BCUT2D eigenvalue weighted by molar-refractivity contribution is 5.27. The maximum Gasteiger partial charge on any atom is 0.117 e. The van der Waals surface area contributed by atoms with Crippen LogP contribution in [-0.4, -0.2) is 6.54 Å². The first-order valence-electron chi connectivity index (χ1n) is 7.25. The highest BCUT2D eigenvalue weighted by Crippen LogP contribution is 2.27. The first-order valence-corrected chi connectivity index (χ1v) is 7.25. The molecule has 21 heavy (non-hydrogen) atoms. The van der Waals surface area contributed by atoms with E-state index in [4.69, 9.17) is 8.83 Å². The van der Waals surface area contributed by atoms with Crippen LogP contribution in [0.15, 0.2) is 76.0 Å². The summed E-state index contributed by atoms with van der Waals surface area (Å²) in [6, 6.07) is 18.4. The van der Waals surface area contributed by atoms with E-state index in [2.05, 4.69) is 29.6 Å². The van der Waals surface area contributed by atoms with E-state index in [0.29, 0.717) is 0 Å².